The number of para-hydroxylation sites is 1. The lowest BCUT2D eigenvalue weighted by Crippen LogP contribution is -2.03. The number of phenols is 2. The van der Waals surface area contributed by atoms with E-state index in [9.17, 15) is 15.0 Å². The van der Waals surface area contributed by atoms with E-state index in [-0.39, 0.29) is 29.3 Å². The van der Waals surface area contributed by atoms with E-state index in [0.29, 0.717) is 0 Å². The van der Waals surface area contributed by atoms with Crippen LogP contribution < -0.4 is 0 Å². The Kier molecular flexibility index (Phi) is 3.09. The molecule has 1 rings (SSSR count). The highest BCUT2D eigenvalue weighted by molar-refractivity contribution is 5.76. The SMILES string of the molecule is CC(=O)C[C@@H](O)c1cccc(O)c1O. The second-order valence-corrected chi connectivity index (χ2v) is 3.14. The first-order chi connectivity index (χ1) is 6.52. The highest BCUT2D eigenvalue weighted by Crippen LogP contribution is 2.33. The van der Waals surface area contributed by atoms with Crippen molar-refractivity contribution < 1.29 is 20.1 Å². The molecule has 0 radical (unpaired) electrons. The third-order valence-corrected chi connectivity index (χ3v) is 1.89. The first kappa shape index (κ1) is 10.5. The molecule has 0 heterocycles. The standard InChI is InChI=1S/C10H12O4/c1-6(11)5-9(13)7-3-2-4-8(12)10(7)14/h2-4,9,12-14H,5H2,1H3/t9-/m1/s1. The van der Waals surface area contributed by atoms with Crippen LogP contribution in [0.5, 0.6) is 11.5 Å². The van der Waals surface area contributed by atoms with Gasteiger partial charge in [-0.05, 0) is 13.0 Å². The minimum absolute atomic E-state index is 0.0724. The Morgan fingerprint density at radius 2 is 2.07 bits per heavy atom. The summed E-state index contributed by atoms with van der Waals surface area (Å²) < 4.78 is 0. The van der Waals surface area contributed by atoms with Gasteiger partial charge in [-0.1, -0.05) is 12.1 Å². The third kappa shape index (κ3) is 2.23. The van der Waals surface area contributed by atoms with Gasteiger partial charge in [-0.25, -0.2) is 0 Å². The second-order valence-electron chi connectivity index (χ2n) is 3.14. The lowest BCUT2D eigenvalue weighted by atomic mass is 10.0. The number of ketones is 1. The quantitative estimate of drug-likeness (QED) is 0.633. The van der Waals surface area contributed by atoms with Gasteiger partial charge in [0.05, 0.1) is 6.10 Å². The molecule has 0 aliphatic rings. The van der Waals surface area contributed by atoms with Crippen molar-refractivity contribution in [3.05, 3.63) is 23.8 Å². The lowest BCUT2D eigenvalue weighted by Gasteiger charge is -2.11. The third-order valence-electron chi connectivity index (χ3n) is 1.89. The topological polar surface area (TPSA) is 77.8 Å². The van der Waals surface area contributed by atoms with E-state index in [0.717, 1.165) is 0 Å². The maximum absolute atomic E-state index is 10.7. The van der Waals surface area contributed by atoms with Crippen LogP contribution in [-0.4, -0.2) is 21.1 Å². The number of aromatic hydroxyl groups is 2. The van der Waals surface area contributed by atoms with E-state index in [1.807, 2.05) is 0 Å². The Morgan fingerprint density at radius 1 is 1.43 bits per heavy atom. The van der Waals surface area contributed by atoms with Crippen LogP contribution in [0.4, 0.5) is 0 Å². The van der Waals surface area contributed by atoms with E-state index in [1.54, 1.807) is 0 Å². The number of benzene rings is 1. The Labute approximate surface area is 81.4 Å². The summed E-state index contributed by atoms with van der Waals surface area (Å²) in [5, 5.41) is 28.0. The van der Waals surface area contributed by atoms with Crippen LogP contribution in [0.2, 0.25) is 0 Å². The fourth-order valence-corrected chi connectivity index (χ4v) is 1.20. The minimum atomic E-state index is -1.07. The number of phenolic OH excluding ortho intramolecular Hbond substituents is 2. The maximum atomic E-state index is 10.7. The Morgan fingerprint density at radius 3 is 2.64 bits per heavy atom. The summed E-state index contributed by atoms with van der Waals surface area (Å²) in [4.78, 5) is 10.7. The molecule has 0 saturated heterocycles. The molecule has 4 nitrogen and oxygen atoms in total. The summed E-state index contributed by atoms with van der Waals surface area (Å²) >= 11 is 0. The zero-order valence-electron chi connectivity index (χ0n) is 7.77. The lowest BCUT2D eigenvalue weighted by molar-refractivity contribution is -0.118. The first-order valence-electron chi connectivity index (χ1n) is 4.20. The van der Waals surface area contributed by atoms with Crippen LogP contribution in [0, 0.1) is 0 Å². The fourth-order valence-electron chi connectivity index (χ4n) is 1.20. The van der Waals surface area contributed by atoms with E-state index >= 15 is 0 Å². The maximum Gasteiger partial charge on any atom is 0.163 e. The van der Waals surface area contributed by atoms with Crippen molar-refractivity contribution in [2.45, 2.75) is 19.4 Å². The molecule has 0 saturated carbocycles. The van der Waals surface area contributed by atoms with Gasteiger partial charge in [0.2, 0.25) is 0 Å². The van der Waals surface area contributed by atoms with Gasteiger partial charge in [0.1, 0.15) is 5.78 Å². The highest BCUT2D eigenvalue weighted by atomic mass is 16.3. The summed E-state index contributed by atoms with van der Waals surface area (Å²) in [5.41, 5.74) is 0.167. The summed E-state index contributed by atoms with van der Waals surface area (Å²) in [5.74, 6) is -0.855. The molecule has 0 amide bonds. The molecular formula is C10H12O4. The van der Waals surface area contributed by atoms with Crippen molar-refractivity contribution in [2.24, 2.45) is 0 Å². The Bertz CT molecular complexity index is 346. The summed E-state index contributed by atoms with van der Waals surface area (Å²) in [7, 11) is 0. The summed E-state index contributed by atoms with van der Waals surface area (Å²) in [6, 6.07) is 4.26. The molecular weight excluding hydrogens is 184 g/mol. The van der Waals surface area contributed by atoms with Crippen LogP contribution in [0.3, 0.4) is 0 Å². The molecule has 0 unspecified atom stereocenters. The van der Waals surface area contributed by atoms with Gasteiger partial charge in [-0.2, -0.15) is 0 Å². The number of rotatable bonds is 3. The van der Waals surface area contributed by atoms with E-state index in [1.165, 1.54) is 25.1 Å². The van der Waals surface area contributed by atoms with Crippen LogP contribution >= 0.6 is 0 Å². The molecule has 0 bridgehead atoms. The predicted octanol–water partition coefficient (Wildman–Crippen LogP) is 1.11. The second kappa shape index (κ2) is 4.11. The number of carbonyl (C=O) groups is 1. The van der Waals surface area contributed by atoms with Crippen LogP contribution in [0.25, 0.3) is 0 Å². The fraction of sp³-hybridized carbons (Fsp3) is 0.300. The summed E-state index contributed by atoms with van der Waals surface area (Å²) in [6.45, 7) is 1.35. The largest absolute Gasteiger partial charge is 0.504 e. The zero-order chi connectivity index (χ0) is 10.7. The van der Waals surface area contributed by atoms with Crippen LogP contribution in [-0.2, 0) is 4.79 Å². The van der Waals surface area contributed by atoms with Gasteiger partial charge in [-0.15, -0.1) is 0 Å². The van der Waals surface area contributed by atoms with Gasteiger partial charge in [0.25, 0.3) is 0 Å². The Hall–Kier alpha value is -1.55. The van der Waals surface area contributed by atoms with Gasteiger partial charge in [-0.3, -0.25) is 4.79 Å². The number of aliphatic hydroxyl groups is 1. The molecule has 1 aromatic rings. The molecule has 1 aromatic carbocycles. The number of aliphatic hydroxyl groups excluding tert-OH is 1. The van der Waals surface area contributed by atoms with Crippen molar-refractivity contribution in [3.8, 4) is 11.5 Å². The van der Waals surface area contributed by atoms with Crippen molar-refractivity contribution in [1.29, 1.82) is 0 Å². The van der Waals surface area contributed by atoms with Crippen molar-refractivity contribution >= 4 is 5.78 Å². The number of hydrogen-bond acceptors (Lipinski definition) is 4. The molecule has 0 fully saturated rings. The highest BCUT2D eigenvalue weighted by Gasteiger charge is 2.15. The first-order valence-corrected chi connectivity index (χ1v) is 4.20. The van der Waals surface area contributed by atoms with Gasteiger partial charge < -0.3 is 15.3 Å². The normalized spacial score (nSPS) is 12.4. The molecule has 0 aliphatic heterocycles. The monoisotopic (exact) mass is 196 g/mol. The van der Waals surface area contributed by atoms with E-state index in [4.69, 9.17) is 5.11 Å². The van der Waals surface area contributed by atoms with Crippen LogP contribution in [0.1, 0.15) is 25.0 Å². The van der Waals surface area contributed by atoms with Gasteiger partial charge in [0.15, 0.2) is 11.5 Å². The smallest absolute Gasteiger partial charge is 0.163 e. The summed E-state index contributed by atoms with van der Waals surface area (Å²) in [6.07, 6.45) is -1.14. The number of carbonyl (C=O) groups excluding carboxylic acids is 1. The molecule has 1 atom stereocenters. The van der Waals surface area contributed by atoms with E-state index < -0.39 is 6.10 Å². The molecule has 0 aliphatic carbocycles. The zero-order valence-corrected chi connectivity index (χ0v) is 7.77. The molecule has 3 N–H and O–H groups in total. The van der Waals surface area contributed by atoms with Gasteiger partial charge in [0, 0.05) is 12.0 Å². The number of Topliss-reactive ketones (excluding diaryl/α,β-unsaturated/α-hetero) is 1. The molecule has 0 aromatic heterocycles. The molecule has 14 heavy (non-hydrogen) atoms. The molecule has 0 spiro atoms. The predicted molar refractivity (Wildman–Crippen MR) is 50.0 cm³/mol. The van der Waals surface area contributed by atoms with Crippen molar-refractivity contribution in [3.63, 3.8) is 0 Å². The molecule has 76 valence electrons. The van der Waals surface area contributed by atoms with Crippen LogP contribution in [0.15, 0.2) is 18.2 Å². The number of hydrogen-bond donors (Lipinski definition) is 3. The average molecular weight is 196 g/mol. The molecule has 4 heteroatoms. The average Bonchev–Trinajstić information content (AvgIpc) is 2.08. The van der Waals surface area contributed by atoms with Gasteiger partial charge >= 0.3 is 0 Å². The minimum Gasteiger partial charge on any atom is -0.504 e. The van der Waals surface area contributed by atoms with Crippen molar-refractivity contribution in [2.75, 3.05) is 0 Å². The van der Waals surface area contributed by atoms with E-state index in [2.05, 4.69) is 0 Å². The van der Waals surface area contributed by atoms with Crippen molar-refractivity contribution in [1.82, 2.24) is 0 Å². The Balaban J connectivity index is 2.95.